The van der Waals surface area contributed by atoms with Gasteiger partial charge in [-0.25, -0.2) is 14.4 Å². The minimum absolute atomic E-state index is 0.257. The number of ether oxygens (including phenoxy) is 3. The number of carboxylic acids is 1. The highest BCUT2D eigenvalue weighted by molar-refractivity contribution is 5.85. The van der Waals surface area contributed by atoms with Gasteiger partial charge < -0.3 is 40.8 Å². The van der Waals surface area contributed by atoms with E-state index < -0.39 is 72.9 Å². The molecule has 0 unspecified atom stereocenters. The number of aliphatic hydroxyl groups is 1. The Bertz CT molecular complexity index is 830. The number of esters is 1. The van der Waals surface area contributed by atoms with Gasteiger partial charge in [-0.2, -0.15) is 13.2 Å². The Kier molecular flexibility index (Phi) is 9.71. The number of hydrogen-bond donors (Lipinski definition) is 5. The molecule has 0 radical (unpaired) electrons. The highest BCUT2D eigenvalue weighted by Crippen LogP contribution is 2.25. The fourth-order valence-corrected chi connectivity index (χ4v) is 3.84. The Labute approximate surface area is 197 Å². The number of halogens is 3. The fraction of sp³-hybridized carbons (Fsp3) is 0.700. The molecule has 1 fully saturated rings. The smallest absolute Gasteiger partial charge is 0.477 e. The molecule has 15 heteroatoms. The summed E-state index contributed by atoms with van der Waals surface area (Å²) in [7, 11) is 0. The number of nitrogens with one attached hydrogen (secondary N) is 2. The molecule has 2 aliphatic rings. The molecule has 1 saturated carbocycles. The van der Waals surface area contributed by atoms with E-state index in [-0.39, 0.29) is 6.04 Å². The molecule has 0 bridgehead atoms. The number of hydrogen-bond acceptors (Lipinski definition) is 9. The maximum Gasteiger partial charge on any atom is 0.490 e. The fourth-order valence-electron chi connectivity index (χ4n) is 3.84. The Morgan fingerprint density at radius 1 is 1.20 bits per heavy atom. The van der Waals surface area contributed by atoms with E-state index in [1.54, 1.807) is 0 Å². The van der Waals surface area contributed by atoms with Crippen LogP contribution in [0.3, 0.4) is 0 Å². The quantitative estimate of drug-likeness (QED) is 0.279. The van der Waals surface area contributed by atoms with E-state index in [1.807, 2.05) is 0 Å². The maximum atomic E-state index is 12.6. The summed E-state index contributed by atoms with van der Waals surface area (Å²) in [5, 5.41) is 24.8. The van der Waals surface area contributed by atoms with Gasteiger partial charge in [0.2, 0.25) is 11.7 Å². The predicted octanol–water partition coefficient (Wildman–Crippen LogP) is 0.0796. The second-order valence-corrected chi connectivity index (χ2v) is 8.23. The molecule has 1 heterocycles. The molecule has 1 aliphatic heterocycles. The predicted molar refractivity (Wildman–Crippen MR) is 109 cm³/mol. The standard InChI is InChI=1S/C20H28F3N3O9/c1-9(27)25-14-11(24)7-13(17(29)30)34-16(14)15(12(28)8-33-18(31)20(21,22)23)35-19(32)26-10-5-3-2-4-6-10/h7,10-12,14-16,28H,2-6,8,24H2,1H3,(H,25,27)(H,26,32)(H,29,30)/t11-,12+,14+,15+,16+/m0/s1. The van der Waals surface area contributed by atoms with Crippen molar-refractivity contribution in [3.8, 4) is 0 Å². The minimum atomic E-state index is -5.35. The third-order valence-corrected chi connectivity index (χ3v) is 5.45. The van der Waals surface area contributed by atoms with Gasteiger partial charge in [0.25, 0.3) is 0 Å². The SMILES string of the molecule is CC(=O)N[C@H]1[C@H]([C@H](OC(=O)NC2CCCCC2)[C@H](O)COC(=O)C(F)(F)F)OC(C(=O)O)=C[C@@H]1N. The Balaban J connectivity index is 2.30. The van der Waals surface area contributed by atoms with Crippen LogP contribution in [0.4, 0.5) is 18.0 Å². The summed E-state index contributed by atoms with van der Waals surface area (Å²) in [4.78, 5) is 46.8. The molecular formula is C20H28F3N3O9. The van der Waals surface area contributed by atoms with Gasteiger partial charge in [-0.1, -0.05) is 19.3 Å². The van der Waals surface area contributed by atoms with E-state index in [1.165, 1.54) is 0 Å². The Morgan fingerprint density at radius 3 is 2.37 bits per heavy atom. The number of aliphatic hydroxyl groups excluding tert-OH is 1. The highest BCUT2D eigenvalue weighted by Gasteiger charge is 2.47. The molecule has 0 aromatic rings. The van der Waals surface area contributed by atoms with Crippen LogP contribution in [-0.2, 0) is 28.6 Å². The van der Waals surface area contributed by atoms with Crippen LogP contribution in [0.2, 0.25) is 0 Å². The highest BCUT2D eigenvalue weighted by atomic mass is 19.4. The average molecular weight is 511 g/mol. The molecule has 6 N–H and O–H groups in total. The molecule has 0 spiro atoms. The van der Waals surface area contributed by atoms with Crippen molar-refractivity contribution in [2.45, 2.75) is 81.6 Å². The van der Waals surface area contributed by atoms with Crippen molar-refractivity contribution < 1.29 is 56.8 Å². The summed E-state index contributed by atoms with van der Waals surface area (Å²) in [5.41, 5.74) is 5.94. The monoisotopic (exact) mass is 511 g/mol. The first kappa shape index (κ1) is 28.2. The molecule has 0 saturated heterocycles. The number of carbonyl (C=O) groups is 4. The lowest BCUT2D eigenvalue weighted by Gasteiger charge is -2.40. The molecule has 12 nitrogen and oxygen atoms in total. The van der Waals surface area contributed by atoms with Gasteiger partial charge in [-0.3, -0.25) is 4.79 Å². The number of carbonyl (C=O) groups excluding carboxylic acids is 3. The van der Waals surface area contributed by atoms with Gasteiger partial charge >= 0.3 is 24.2 Å². The van der Waals surface area contributed by atoms with E-state index in [0.717, 1.165) is 32.3 Å². The van der Waals surface area contributed by atoms with Crippen molar-refractivity contribution in [1.82, 2.24) is 10.6 Å². The summed E-state index contributed by atoms with van der Waals surface area (Å²) in [5.74, 6) is -5.53. The van der Waals surface area contributed by atoms with Crippen LogP contribution in [0.1, 0.15) is 39.0 Å². The molecule has 0 aromatic heterocycles. The average Bonchev–Trinajstić information content (AvgIpc) is 2.76. The Morgan fingerprint density at radius 2 is 1.83 bits per heavy atom. The summed E-state index contributed by atoms with van der Waals surface area (Å²) >= 11 is 0. The number of nitrogens with two attached hydrogens (primary N) is 1. The van der Waals surface area contributed by atoms with E-state index in [9.17, 15) is 42.6 Å². The number of rotatable bonds is 8. The van der Waals surface area contributed by atoms with Crippen LogP contribution in [0.5, 0.6) is 0 Å². The normalized spacial score (nSPS) is 24.7. The van der Waals surface area contributed by atoms with Crippen molar-refractivity contribution in [3.63, 3.8) is 0 Å². The van der Waals surface area contributed by atoms with Crippen molar-refractivity contribution in [2.24, 2.45) is 5.73 Å². The first-order valence-electron chi connectivity index (χ1n) is 10.8. The van der Waals surface area contributed by atoms with E-state index in [4.69, 9.17) is 15.2 Å². The van der Waals surface area contributed by atoms with Crippen LogP contribution in [0.15, 0.2) is 11.8 Å². The van der Waals surface area contributed by atoms with Gasteiger partial charge in [0.15, 0.2) is 12.2 Å². The lowest BCUT2D eigenvalue weighted by molar-refractivity contribution is -0.204. The summed E-state index contributed by atoms with van der Waals surface area (Å²) in [6.07, 6.45) is -7.15. The number of alkyl carbamates (subject to hydrolysis) is 1. The van der Waals surface area contributed by atoms with Crippen LogP contribution in [0, 0.1) is 0 Å². The zero-order valence-electron chi connectivity index (χ0n) is 18.7. The first-order valence-corrected chi connectivity index (χ1v) is 10.8. The molecule has 35 heavy (non-hydrogen) atoms. The molecule has 198 valence electrons. The summed E-state index contributed by atoms with van der Waals surface area (Å²) in [6.45, 7) is -0.179. The van der Waals surface area contributed by atoms with Crippen molar-refractivity contribution >= 4 is 23.9 Å². The number of amides is 2. The number of alkyl halides is 3. The molecule has 1 aliphatic carbocycles. The molecule has 2 rings (SSSR count). The van der Waals surface area contributed by atoms with Crippen LogP contribution in [-0.4, -0.2) is 83.4 Å². The van der Waals surface area contributed by atoms with Crippen LogP contribution >= 0.6 is 0 Å². The van der Waals surface area contributed by atoms with Gasteiger partial charge in [0.05, 0.1) is 12.1 Å². The minimum Gasteiger partial charge on any atom is -0.477 e. The molecular weight excluding hydrogens is 483 g/mol. The van der Waals surface area contributed by atoms with Crippen molar-refractivity contribution in [2.75, 3.05) is 6.61 Å². The zero-order chi connectivity index (χ0) is 26.3. The first-order chi connectivity index (χ1) is 16.3. The van der Waals surface area contributed by atoms with Crippen LogP contribution < -0.4 is 16.4 Å². The third kappa shape index (κ3) is 8.28. The summed E-state index contributed by atoms with van der Waals surface area (Å²) < 4.78 is 52.1. The van der Waals surface area contributed by atoms with E-state index in [2.05, 4.69) is 15.4 Å². The lowest BCUT2D eigenvalue weighted by atomic mass is 9.92. The van der Waals surface area contributed by atoms with E-state index in [0.29, 0.717) is 12.8 Å². The molecule has 2 amide bonds. The number of aliphatic carboxylic acids is 1. The van der Waals surface area contributed by atoms with Gasteiger partial charge in [0, 0.05) is 13.0 Å². The molecule has 0 aromatic carbocycles. The largest absolute Gasteiger partial charge is 0.490 e. The maximum absolute atomic E-state index is 12.6. The zero-order valence-corrected chi connectivity index (χ0v) is 18.7. The number of carboxylic acid groups (broad SMARTS) is 1. The Hall–Kier alpha value is -3.07. The van der Waals surface area contributed by atoms with Gasteiger partial charge in [-0.05, 0) is 18.9 Å². The third-order valence-electron chi connectivity index (χ3n) is 5.45. The second-order valence-electron chi connectivity index (χ2n) is 8.23. The van der Waals surface area contributed by atoms with Crippen LogP contribution in [0.25, 0.3) is 0 Å². The van der Waals surface area contributed by atoms with Gasteiger partial charge in [-0.15, -0.1) is 0 Å². The van der Waals surface area contributed by atoms with E-state index >= 15 is 0 Å². The van der Waals surface area contributed by atoms with Gasteiger partial charge in [0.1, 0.15) is 12.7 Å². The topological polar surface area (TPSA) is 187 Å². The van der Waals surface area contributed by atoms with Crippen molar-refractivity contribution in [1.29, 1.82) is 0 Å². The lowest BCUT2D eigenvalue weighted by Crippen LogP contribution is -2.63. The molecule has 5 atom stereocenters. The summed E-state index contributed by atoms with van der Waals surface area (Å²) in [6, 6.07) is -2.73. The second kappa shape index (κ2) is 12.1. The van der Waals surface area contributed by atoms with Crippen molar-refractivity contribution in [3.05, 3.63) is 11.8 Å².